The first kappa shape index (κ1) is 58.1. The number of hydrogen-bond donors (Lipinski definition) is 9. The molecule has 19 nitrogen and oxygen atoms in total. The minimum Gasteiger partial charge on any atom is -0.453 e. The highest BCUT2D eigenvalue weighted by Gasteiger charge is 2.53. The molecule has 0 spiro atoms. The van der Waals surface area contributed by atoms with E-state index in [1.54, 1.807) is 32.9 Å². The van der Waals surface area contributed by atoms with Crippen molar-refractivity contribution in [3.63, 3.8) is 0 Å². The summed E-state index contributed by atoms with van der Waals surface area (Å²) in [7, 11) is 0. The Hall–Kier alpha value is -3.22. The maximum absolute atomic E-state index is 13.4. The molecule has 0 aliphatic carbocycles. The van der Waals surface area contributed by atoms with Crippen molar-refractivity contribution in [2.45, 2.75) is 203 Å². The van der Waals surface area contributed by atoms with Crippen LogP contribution in [0.25, 0.3) is 0 Å². The maximum atomic E-state index is 13.4. The van der Waals surface area contributed by atoms with Crippen LogP contribution in [0.5, 0.6) is 0 Å². The lowest BCUT2D eigenvalue weighted by atomic mass is 9.96. The molecule has 382 valence electrons. The molecule has 0 saturated carbocycles. The van der Waals surface area contributed by atoms with Crippen LogP contribution in [0.1, 0.15) is 93.9 Å². The molecule has 9 N–H and O–H groups in total. The van der Waals surface area contributed by atoms with E-state index in [1.165, 1.54) is 39.0 Å². The Balaban J connectivity index is 1.69. The molecule has 67 heavy (non-hydrogen) atoms. The summed E-state index contributed by atoms with van der Waals surface area (Å²) < 4.78 is 47.1. The summed E-state index contributed by atoms with van der Waals surface area (Å²) in [6.07, 6.45) is -11.6. The zero-order valence-electron chi connectivity index (χ0n) is 40.0. The molecule has 3 saturated heterocycles. The van der Waals surface area contributed by atoms with Crippen LogP contribution in [0.15, 0.2) is 72.9 Å². The minimum atomic E-state index is -1.84. The van der Waals surface area contributed by atoms with Gasteiger partial charge < -0.3 is 83.9 Å². The summed E-state index contributed by atoms with van der Waals surface area (Å²) in [6, 6.07) is 0. The van der Waals surface area contributed by atoms with Gasteiger partial charge in [0, 0.05) is 11.1 Å². The van der Waals surface area contributed by atoms with Gasteiger partial charge in [0.05, 0.1) is 36.1 Å². The Kier molecular flexibility index (Phi) is 22.2. The van der Waals surface area contributed by atoms with Crippen molar-refractivity contribution < 1.29 is 93.4 Å². The van der Waals surface area contributed by atoms with Crippen molar-refractivity contribution >= 4 is 11.9 Å². The third-order valence-electron chi connectivity index (χ3n) is 12.3. The first-order valence-electron chi connectivity index (χ1n) is 22.6. The highest BCUT2D eigenvalue weighted by atomic mass is 16.8. The van der Waals surface area contributed by atoms with Gasteiger partial charge in [-0.1, -0.05) is 42.0 Å². The van der Waals surface area contributed by atoms with Crippen LogP contribution >= 0.6 is 0 Å². The quantitative estimate of drug-likeness (QED) is 0.0377. The van der Waals surface area contributed by atoms with E-state index < -0.39 is 134 Å². The Bertz CT molecular complexity index is 1740. The molecule has 3 fully saturated rings. The van der Waals surface area contributed by atoms with Crippen LogP contribution in [0.2, 0.25) is 0 Å². The van der Waals surface area contributed by atoms with Gasteiger partial charge in [0.25, 0.3) is 0 Å². The van der Waals surface area contributed by atoms with Gasteiger partial charge in [-0.25, -0.2) is 9.59 Å². The average molecular weight is 957 g/mol. The molecule has 18 atom stereocenters. The Morgan fingerprint density at radius 1 is 0.567 bits per heavy atom. The van der Waals surface area contributed by atoms with E-state index in [0.717, 1.165) is 5.57 Å². The Morgan fingerprint density at radius 3 is 1.43 bits per heavy atom. The molecule has 0 bridgehead atoms. The molecule has 3 aliphatic heterocycles. The minimum absolute atomic E-state index is 0.0971. The van der Waals surface area contributed by atoms with Gasteiger partial charge in [0.2, 0.25) is 0 Å². The molecular formula is C48H76O19. The van der Waals surface area contributed by atoms with Gasteiger partial charge in [-0.3, -0.25) is 0 Å². The smallest absolute Gasteiger partial charge is 0.333 e. The van der Waals surface area contributed by atoms with Gasteiger partial charge in [-0.2, -0.15) is 0 Å². The van der Waals surface area contributed by atoms with E-state index in [4.69, 9.17) is 37.9 Å². The van der Waals surface area contributed by atoms with Crippen molar-refractivity contribution in [1.29, 1.82) is 0 Å². The molecule has 3 rings (SSSR count). The van der Waals surface area contributed by atoms with Crippen molar-refractivity contribution in [2.24, 2.45) is 0 Å². The number of hydrogen-bond acceptors (Lipinski definition) is 19. The van der Waals surface area contributed by atoms with E-state index in [1.807, 2.05) is 19.9 Å². The van der Waals surface area contributed by atoms with Crippen LogP contribution in [-0.4, -0.2) is 180 Å². The second kappa shape index (κ2) is 25.6. The second-order valence-corrected chi connectivity index (χ2v) is 18.4. The number of ether oxygens (including phenoxy) is 8. The number of allylic oxidation sites excluding steroid dienone is 4. The number of rotatable bonds is 24. The summed E-state index contributed by atoms with van der Waals surface area (Å²) >= 11 is 0. The highest BCUT2D eigenvalue weighted by Crippen LogP contribution is 2.35. The molecule has 19 heteroatoms. The molecule has 0 radical (unpaired) electrons. The number of aliphatic hydroxyl groups excluding tert-OH is 8. The fraction of sp³-hybridized carbons (Fsp3) is 0.708. The Morgan fingerprint density at radius 2 is 0.985 bits per heavy atom. The Labute approximate surface area is 393 Å². The van der Waals surface area contributed by atoms with Gasteiger partial charge in [0.15, 0.2) is 31.1 Å². The van der Waals surface area contributed by atoms with Crippen molar-refractivity contribution in [3.05, 3.63) is 72.9 Å². The van der Waals surface area contributed by atoms with Gasteiger partial charge >= 0.3 is 11.9 Å². The van der Waals surface area contributed by atoms with Crippen LogP contribution in [0.4, 0.5) is 0 Å². The lowest BCUT2D eigenvalue weighted by molar-refractivity contribution is -0.373. The van der Waals surface area contributed by atoms with Crippen molar-refractivity contribution in [3.8, 4) is 0 Å². The molecule has 0 amide bonds. The third-order valence-corrected chi connectivity index (χ3v) is 12.3. The van der Waals surface area contributed by atoms with Crippen LogP contribution in [0.3, 0.4) is 0 Å². The number of carbonyl (C=O) groups excluding carboxylic acids is 2. The lowest BCUT2D eigenvalue weighted by Crippen LogP contribution is -2.65. The molecule has 18 unspecified atom stereocenters. The molecule has 3 heterocycles. The molecule has 0 aromatic heterocycles. The summed E-state index contributed by atoms with van der Waals surface area (Å²) in [5.74, 6) is -1.72. The summed E-state index contributed by atoms with van der Waals surface area (Å²) in [5.41, 5.74) is -2.12. The van der Waals surface area contributed by atoms with Gasteiger partial charge in [0.1, 0.15) is 54.9 Å². The van der Waals surface area contributed by atoms with E-state index in [2.05, 4.69) is 19.7 Å². The molecular weight excluding hydrogens is 881 g/mol. The predicted molar refractivity (Wildman–Crippen MR) is 241 cm³/mol. The van der Waals surface area contributed by atoms with Gasteiger partial charge in [-0.15, -0.1) is 19.7 Å². The van der Waals surface area contributed by atoms with Gasteiger partial charge in [-0.05, 0) is 93.9 Å². The molecule has 0 aromatic rings. The SMILES string of the molecule is C=CC(C)(O)CCC=C(C)C(=O)OC1C(OC(C)(C=C)CCC=C(C)C(=O)OC2C(C)OC(OC3C(OC(C)(C=C)CCC=C(C)C)OC(CO)C(O)C3O)C(O)C2O)OC(CO)C(O)C1O. The lowest BCUT2D eigenvalue weighted by Gasteiger charge is -2.47. The van der Waals surface area contributed by atoms with E-state index in [-0.39, 0.29) is 30.4 Å². The number of aliphatic hydroxyl groups is 9. The second-order valence-electron chi connectivity index (χ2n) is 18.4. The van der Waals surface area contributed by atoms with Crippen molar-refractivity contribution in [2.75, 3.05) is 13.2 Å². The summed E-state index contributed by atoms with van der Waals surface area (Å²) in [5, 5.41) is 95.8. The predicted octanol–water partition coefficient (Wildman–Crippen LogP) is 1.60. The van der Waals surface area contributed by atoms with E-state index in [0.29, 0.717) is 19.3 Å². The molecule has 0 aromatic carbocycles. The van der Waals surface area contributed by atoms with E-state index >= 15 is 0 Å². The van der Waals surface area contributed by atoms with Crippen LogP contribution in [0, 0.1) is 0 Å². The normalized spacial score (nSPS) is 35.5. The first-order valence-corrected chi connectivity index (χ1v) is 22.6. The first-order chi connectivity index (χ1) is 31.3. The largest absolute Gasteiger partial charge is 0.453 e. The maximum Gasteiger partial charge on any atom is 0.333 e. The standard InChI is InChI=1S/C48H76O19/c1-12-46(9,59)21-16-19-27(6)42(58)64-39-34(53)32(51)30(24-49)61-44(39)66-48(11,14-3)23-17-20-28(7)41(57)63-38-29(8)60-43(37(56)36(38)55)65-40-35(54)33(52)31(25-50)62-45(40)67-47(10,13-2)22-15-18-26(4)5/h12-14,18-20,29-40,43-45,49-56,59H,1-3,15-17,21-25H2,4-11H3. The highest BCUT2D eigenvalue weighted by molar-refractivity contribution is 5.88. The van der Waals surface area contributed by atoms with Crippen molar-refractivity contribution in [1.82, 2.24) is 0 Å². The number of esters is 2. The monoisotopic (exact) mass is 956 g/mol. The summed E-state index contributed by atoms with van der Waals surface area (Å²) in [4.78, 5) is 26.5. The fourth-order valence-electron chi connectivity index (χ4n) is 7.46. The third kappa shape index (κ3) is 15.9. The fourth-order valence-corrected chi connectivity index (χ4v) is 7.46. The van der Waals surface area contributed by atoms with Crippen LogP contribution < -0.4 is 0 Å². The number of carbonyl (C=O) groups is 2. The van der Waals surface area contributed by atoms with E-state index in [9.17, 15) is 55.5 Å². The van der Waals surface area contributed by atoms with Crippen LogP contribution in [-0.2, 0) is 47.5 Å². The summed E-state index contributed by atoms with van der Waals surface area (Å²) in [6.45, 7) is 23.2. The average Bonchev–Trinajstić information content (AvgIpc) is 3.28. The molecule has 3 aliphatic rings. The zero-order chi connectivity index (χ0) is 50.6. The zero-order valence-corrected chi connectivity index (χ0v) is 40.0. The topological polar surface area (TPSA) is 290 Å².